The van der Waals surface area contributed by atoms with Gasteiger partial charge in [-0.1, -0.05) is 90.9 Å². The molecule has 1 saturated heterocycles. The van der Waals surface area contributed by atoms with Crippen LogP contribution in [0.5, 0.6) is 0 Å². The predicted molar refractivity (Wildman–Crippen MR) is 128 cm³/mol. The number of hydrogen-bond donors (Lipinski definition) is 2. The lowest BCUT2D eigenvalue weighted by atomic mass is 10.1. The van der Waals surface area contributed by atoms with Crippen LogP contribution in [-0.2, 0) is 23.8 Å². The lowest BCUT2D eigenvalue weighted by Crippen LogP contribution is -2.44. The Hall–Kier alpha value is -1.18. The Labute approximate surface area is 200 Å². The van der Waals surface area contributed by atoms with Crippen LogP contribution in [0.3, 0.4) is 0 Å². The van der Waals surface area contributed by atoms with Gasteiger partial charge in [0.2, 0.25) is 0 Å². The van der Waals surface area contributed by atoms with Gasteiger partial charge < -0.3 is 24.4 Å². The Balaban J connectivity index is 2.22. The maximum atomic E-state index is 12.2. The van der Waals surface area contributed by atoms with Crippen LogP contribution >= 0.6 is 0 Å². The van der Waals surface area contributed by atoms with Crippen molar-refractivity contribution in [2.75, 3.05) is 13.2 Å². The molecule has 0 aromatic heterocycles. The maximum absolute atomic E-state index is 12.2. The molecule has 1 aliphatic rings. The fourth-order valence-corrected chi connectivity index (χ4v) is 4.10. The highest BCUT2D eigenvalue weighted by Crippen LogP contribution is 2.22. The van der Waals surface area contributed by atoms with Gasteiger partial charge in [0.1, 0.15) is 24.9 Å². The lowest BCUT2D eigenvalue weighted by Gasteiger charge is -2.24. The topological polar surface area (TPSA) is 102 Å². The van der Waals surface area contributed by atoms with Crippen molar-refractivity contribution < 1.29 is 34.0 Å². The van der Waals surface area contributed by atoms with Gasteiger partial charge >= 0.3 is 11.9 Å². The highest BCUT2D eigenvalue weighted by Gasteiger charge is 2.43. The molecule has 0 saturated carbocycles. The first-order valence-corrected chi connectivity index (χ1v) is 13.3. The summed E-state index contributed by atoms with van der Waals surface area (Å²) in [6.45, 7) is 4.11. The molecular formula is C26H48O7. The number of unbranched alkanes of at least 4 members (excludes halogenated alkanes) is 12. The van der Waals surface area contributed by atoms with E-state index in [0.29, 0.717) is 6.42 Å². The maximum Gasteiger partial charge on any atom is 0.306 e. The summed E-state index contributed by atoms with van der Waals surface area (Å²) in [5.41, 5.74) is 0. The SMILES string of the molecule is CCCCCCCCCC(=O)OCC(O)C1OCC(O)C1OC(=O)CCCCCCCCC. The first kappa shape index (κ1) is 29.9. The largest absolute Gasteiger partial charge is 0.463 e. The Kier molecular flexibility index (Phi) is 17.3. The first-order valence-electron chi connectivity index (χ1n) is 13.3. The minimum atomic E-state index is -1.16. The summed E-state index contributed by atoms with van der Waals surface area (Å²) in [7, 11) is 0. The highest BCUT2D eigenvalue weighted by molar-refractivity contribution is 5.70. The number of carbonyl (C=O) groups excluding carboxylic acids is 2. The third-order valence-electron chi connectivity index (χ3n) is 6.19. The third kappa shape index (κ3) is 14.0. The van der Waals surface area contributed by atoms with E-state index >= 15 is 0 Å². The molecule has 1 fully saturated rings. The van der Waals surface area contributed by atoms with E-state index in [2.05, 4.69) is 13.8 Å². The van der Waals surface area contributed by atoms with Crippen molar-refractivity contribution >= 4 is 11.9 Å². The molecule has 0 bridgehead atoms. The second-order valence-corrected chi connectivity index (χ2v) is 9.31. The Morgan fingerprint density at radius 2 is 1.30 bits per heavy atom. The molecule has 7 heteroatoms. The molecule has 0 spiro atoms. The molecule has 194 valence electrons. The molecule has 2 N–H and O–H groups in total. The van der Waals surface area contributed by atoms with Crippen LogP contribution in [0, 0.1) is 0 Å². The molecule has 0 aromatic carbocycles. The number of carbonyl (C=O) groups is 2. The van der Waals surface area contributed by atoms with E-state index in [1.165, 1.54) is 51.4 Å². The third-order valence-corrected chi connectivity index (χ3v) is 6.19. The molecule has 1 aliphatic heterocycles. The monoisotopic (exact) mass is 472 g/mol. The van der Waals surface area contributed by atoms with E-state index in [1.807, 2.05) is 0 Å². The molecule has 1 heterocycles. The van der Waals surface area contributed by atoms with Crippen molar-refractivity contribution in [1.29, 1.82) is 0 Å². The Morgan fingerprint density at radius 3 is 1.85 bits per heavy atom. The van der Waals surface area contributed by atoms with Crippen LogP contribution in [0.15, 0.2) is 0 Å². The second kappa shape index (κ2) is 19.2. The van der Waals surface area contributed by atoms with Gasteiger partial charge in [0.05, 0.1) is 6.61 Å². The Bertz CT molecular complexity index is 511. The summed E-state index contributed by atoms with van der Waals surface area (Å²) in [5, 5.41) is 20.5. The second-order valence-electron chi connectivity index (χ2n) is 9.31. The Morgan fingerprint density at radius 1 is 0.818 bits per heavy atom. The minimum absolute atomic E-state index is 0.0247. The quantitative estimate of drug-likeness (QED) is 0.193. The van der Waals surface area contributed by atoms with Crippen molar-refractivity contribution in [2.45, 2.75) is 141 Å². The fourth-order valence-electron chi connectivity index (χ4n) is 4.10. The zero-order chi connectivity index (χ0) is 24.3. The minimum Gasteiger partial charge on any atom is -0.463 e. The van der Waals surface area contributed by atoms with E-state index in [4.69, 9.17) is 14.2 Å². The molecule has 7 nitrogen and oxygen atoms in total. The summed E-state index contributed by atoms with van der Waals surface area (Å²) in [6, 6.07) is 0. The average Bonchev–Trinajstić information content (AvgIpc) is 3.16. The summed E-state index contributed by atoms with van der Waals surface area (Å²) in [6.07, 6.45) is 12.1. The van der Waals surface area contributed by atoms with Crippen molar-refractivity contribution in [1.82, 2.24) is 0 Å². The van der Waals surface area contributed by atoms with E-state index < -0.39 is 30.4 Å². The van der Waals surface area contributed by atoms with Crippen molar-refractivity contribution in [3.8, 4) is 0 Å². The van der Waals surface area contributed by atoms with Gasteiger partial charge in [-0.3, -0.25) is 9.59 Å². The van der Waals surface area contributed by atoms with Gasteiger partial charge in [0.25, 0.3) is 0 Å². The zero-order valence-corrected chi connectivity index (χ0v) is 21.0. The molecule has 0 amide bonds. The molecule has 4 unspecified atom stereocenters. The van der Waals surface area contributed by atoms with Gasteiger partial charge in [0, 0.05) is 12.8 Å². The molecule has 1 rings (SSSR count). The van der Waals surface area contributed by atoms with Gasteiger partial charge in [-0.15, -0.1) is 0 Å². The average molecular weight is 473 g/mol. The normalized spacial score (nSPS) is 21.2. The molecule has 33 heavy (non-hydrogen) atoms. The summed E-state index contributed by atoms with van der Waals surface area (Å²) in [4.78, 5) is 24.1. The standard InChI is InChI=1S/C26H48O7/c1-3-5-7-9-11-13-15-17-23(29)31-19-21(27)25-26(22(28)20-32-25)33-24(30)18-16-14-12-10-8-6-4-2/h21-22,25-28H,3-20H2,1-2H3. The summed E-state index contributed by atoms with van der Waals surface area (Å²) >= 11 is 0. The summed E-state index contributed by atoms with van der Waals surface area (Å²) < 4.78 is 16.0. The lowest BCUT2D eigenvalue weighted by molar-refractivity contribution is -0.164. The van der Waals surface area contributed by atoms with E-state index in [0.717, 1.165) is 38.5 Å². The van der Waals surface area contributed by atoms with E-state index in [-0.39, 0.29) is 25.6 Å². The number of aliphatic hydroxyl groups excluding tert-OH is 2. The molecular weight excluding hydrogens is 424 g/mol. The van der Waals surface area contributed by atoms with Gasteiger partial charge in [0.15, 0.2) is 6.10 Å². The molecule has 4 atom stereocenters. The van der Waals surface area contributed by atoms with E-state index in [1.54, 1.807) is 0 Å². The van der Waals surface area contributed by atoms with Gasteiger partial charge in [-0.2, -0.15) is 0 Å². The number of hydrogen-bond acceptors (Lipinski definition) is 7. The van der Waals surface area contributed by atoms with E-state index in [9.17, 15) is 19.8 Å². The molecule has 0 radical (unpaired) electrons. The van der Waals surface area contributed by atoms with Gasteiger partial charge in [-0.05, 0) is 12.8 Å². The predicted octanol–water partition coefficient (Wildman–Crippen LogP) is 4.84. The van der Waals surface area contributed by atoms with Crippen molar-refractivity contribution in [3.63, 3.8) is 0 Å². The van der Waals surface area contributed by atoms with Crippen LogP contribution in [0.4, 0.5) is 0 Å². The fraction of sp³-hybridized carbons (Fsp3) is 0.923. The number of esters is 2. The molecule has 0 aromatic rings. The highest BCUT2D eigenvalue weighted by atomic mass is 16.6. The first-order chi connectivity index (χ1) is 16.0. The van der Waals surface area contributed by atoms with Crippen LogP contribution in [0.25, 0.3) is 0 Å². The number of aliphatic hydroxyl groups is 2. The number of ether oxygens (including phenoxy) is 3. The van der Waals surface area contributed by atoms with Crippen LogP contribution < -0.4 is 0 Å². The van der Waals surface area contributed by atoms with Crippen molar-refractivity contribution in [2.24, 2.45) is 0 Å². The van der Waals surface area contributed by atoms with Gasteiger partial charge in [-0.25, -0.2) is 0 Å². The summed E-state index contributed by atoms with van der Waals surface area (Å²) in [5.74, 6) is -0.750. The van der Waals surface area contributed by atoms with Crippen LogP contribution in [0.1, 0.15) is 117 Å². The number of rotatable bonds is 20. The van der Waals surface area contributed by atoms with Crippen molar-refractivity contribution in [3.05, 3.63) is 0 Å². The smallest absolute Gasteiger partial charge is 0.306 e. The van der Waals surface area contributed by atoms with Crippen LogP contribution in [0.2, 0.25) is 0 Å². The zero-order valence-electron chi connectivity index (χ0n) is 21.0. The van der Waals surface area contributed by atoms with Crippen LogP contribution in [-0.4, -0.2) is 59.8 Å². The molecule has 0 aliphatic carbocycles.